The summed E-state index contributed by atoms with van der Waals surface area (Å²) in [6, 6.07) is 8.34. The molecule has 0 spiro atoms. The largest absolute Gasteiger partial charge is 0.399 e. The molecule has 3 N–H and O–H groups in total. The van der Waals surface area contributed by atoms with Gasteiger partial charge in [0.15, 0.2) is 0 Å². The molecule has 4 aliphatic rings. The highest BCUT2D eigenvalue weighted by Crippen LogP contribution is 2.55. The first-order chi connectivity index (χ1) is 9.71. The number of nitrogens with two attached hydrogens (primary N) is 1. The van der Waals surface area contributed by atoms with Crippen molar-refractivity contribution < 1.29 is 0 Å². The van der Waals surface area contributed by atoms with Crippen molar-refractivity contribution in [3.63, 3.8) is 0 Å². The number of hydrogen-bond donors (Lipinski definition) is 2. The molecule has 4 bridgehead atoms. The van der Waals surface area contributed by atoms with Gasteiger partial charge in [-0.2, -0.15) is 0 Å². The fourth-order valence-electron chi connectivity index (χ4n) is 5.55. The first-order valence-corrected chi connectivity index (χ1v) is 8.30. The summed E-state index contributed by atoms with van der Waals surface area (Å²) in [6.45, 7) is 1.11. The molecule has 0 aromatic heterocycles. The second-order valence-electron chi connectivity index (χ2n) is 7.62. The van der Waals surface area contributed by atoms with Crippen LogP contribution in [0.1, 0.15) is 44.1 Å². The van der Waals surface area contributed by atoms with Crippen molar-refractivity contribution in [2.75, 3.05) is 12.3 Å². The second-order valence-corrected chi connectivity index (χ2v) is 7.62. The summed E-state index contributed by atoms with van der Waals surface area (Å²) in [4.78, 5) is 0. The van der Waals surface area contributed by atoms with Crippen LogP contribution >= 0.6 is 0 Å². The molecule has 4 saturated carbocycles. The average Bonchev–Trinajstić information content (AvgIpc) is 2.36. The Labute approximate surface area is 122 Å². The molecule has 4 aliphatic carbocycles. The van der Waals surface area contributed by atoms with Crippen LogP contribution in [0.5, 0.6) is 0 Å². The molecule has 108 valence electrons. The molecule has 2 heteroatoms. The smallest absolute Gasteiger partial charge is 0.0316 e. The van der Waals surface area contributed by atoms with Crippen LogP contribution < -0.4 is 11.1 Å². The Morgan fingerprint density at radius 2 is 1.70 bits per heavy atom. The van der Waals surface area contributed by atoms with E-state index in [2.05, 4.69) is 23.5 Å². The van der Waals surface area contributed by atoms with E-state index in [1.54, 1.807) is 0 Å². The molecule has 0 aliphatic heterocycles. The van der Waals surface area contributed by atoms with Gasteiger partial charge in [-0.3, -0.25) is 0 Å². The van der Waals surface area contributed by atoms with Gasteiger partial charge in [-0.1, -0.05) is 12.1 Å². The van der Waals surface area contributed by atoms with E-state index < -0.39 is 0 Å². The minimum absolute atomic E-state index is 0.495. The lowest BCUT2D eigenvalue weighted by Gasteiger charge is -2.57. The first kappa shape index (κ1) is 12.7. The molecule has 0 unspecified atom stereocenters. The van der Waals surface area contributed by atoms with Gasteiger partial charge in [0.2, 0.25) is 0 Å². The van der Waals surface area contributed by atoms with Gasteiger partial charge in [-0.15, -0.1) is 0 Å². The summed E-state index contributed by atoms with van der Waals surface area (Å²) < 4.78 is 0. The predicted molar refractivity (Wildman–Crippen MR) is 83.5 cm³/mol. The van der Waals surface area contributed by atoms with Gasteiger partial charge in [-0.05, 0) is 86.9 Å². The van der Waals surface area contributed by atoms with E-state index in [1.165, 1.54) is 44.1 Å². The lowest BCUT2D eigenvalue weighted by Crippen LogP contribution is -2.58. The zero-order valence-electron chi connectivity index (χ0n) is 12.3. The molecule has 4 fully saturated rings. The molecular weight excluding hydrogens is 244 g/mol. The zero-order chi connectivity index (χ0) is 13.6. The van der Waals surface area contributed by atoms with Crippen molar-refractivity contribution in [3.8, 4) is 0 Å². The third-order valence-corrected chi connectivity index (χ3v) is 5.90. The van der Waals surface area contributed by atoms with Crippen LogP contribution in [0.25, 0.3) is 0 Å². The average molecular weight is 270 g/mol. The van der Waals surface area contributed by atoms with E-state index in [1.807, 2.05) is 6.07 Å². The Kier molecular flexibility index (Phi) is 3.03. The molecule has 0 radical (unpaired) electrons. The molecule has 0 amide bonds. The number of anilines is 1. The highest BCUT2D eigenvalue weighted by Gasteiger charge is 2.50. The van der Waals surface area contributed by atoms with Gasteiger partial charge >= 0.3 is 0 Å². The summed E-state index contributed by atoms with van der Waals surface area (Å²) in [5.41, 5.74) is 8.60. The van der Waals surface area contributed by atoms with Crippen LogP contribution in [0.15, 0.2) is 24.3 Å². The molecule has 1 aromatic carbocycles. The van der Waals surface area contributed by atoms with E-state index in [0.29, 0.717) is 5.54 Å². The van der Waals surface area contributed by atoms with Crippen LogP contribution in [0.3, 0.4) is 0 Å². The number of nitrogens with one attached hydrogen (secondary N) is 1. The Morgan fingerprint density at radius 3 is 2.30 bits per heavy atom. The molecular formula is C18H26N2. The topological polar surface area (TPSA) is 38.0 Å². The number of benzene rings is 1. The number of hydrogen-bond acceptors (Lipinski definition) is 2. The summed E-state index contributed by atoms with van der Waals surface area (Å²) >= 11 is 0. The van der Waals surface area contributed by atoms with Crippen molar-refractivity contribution in [2.45, 2.75) is 50.5 Å². The van der Waals surface area contributed by atoms with Gasteiger partial charge in [0, 0.05) is 11.2 Å². The van der Waals surface area contributed by atoms with Crippen LogP contribution in [0.2, 0.25) is 0 Å². The van der Waals surface area contributed by atoms with Crippen LogP contribution in [0, 0.1) is 17.8 Å². The van der Waals surface area contributed by atoms with Crippen molar-refractivity contribution in [1.82, 2.24) is 5.32 Å². The molecule has 0 atom stereocenters. The summed E-state index contributed by atoms with van der Waals surface area (Å²) in [5, 5.41) is 3.95. The van der Waals surface area contributed by atoms with E-state index in [9.17, 15) is 0 Å². The summed E-state index contributed by atoms with van der Waals surface area (Å²) in [5.74, 6) is 3.09. The fourth-order valence-corrected chi connectivity index (χ4v) is 5.55. The van der Waals surface area contributed by atoms with Gasteiger partial charge < -0.3 is 11.1 Å². The standard InChI is InChI=1S/C18H26N2/c19-17-3-1-2-13(9-17)4-5-20-18-10-14-6-15(11-18)8-16(7-14)12-18/h1-3,9,14-16,20H,4-8,10-12,19H2. The summed E-state index contributed by atoms with van der Waals surface area (Å²) in [6.07, 6.45) is 10.00. The molecule has 20 heavy (non-hydrogen) atoms. The van der Waals surface area contributed by atoms with E-state index in [0.717, 1.165) is 36.4 Å². The molecule has 2 nitrogen and oxygen atoms in total. The van der Waals surface area contributed by atoms with Crippen LogP contribution in [0.4, 0.5) is 5.69 Å². The van der Waals surface area contributed by atoms with E-state index >= 15 is 0 Å². The van der Waals surface area contributed by atoms with Crippen molar-refractivity contribution in [3.05, 3.63) is 29.8 Å². The zero-order valence-corrected chi connectivity index (χ0v) is 12.3. The van der Waals surface area contributed by atoms with E-state index in [-0.39, 0.29) is 0 Å². The van der Waals surface area contributed by atoms with Gasteiger partial charge in [0.25, 0.3) is 0 Å². The molecule has 0 saturated heterocycles. The third-order valence-electron chi connectivity index (χ3n) is 5.90. The third kappa shape index (κ3) is 2.35. The highest BCUT2D eigenvalue weighted by atomic mass is 15.0. The fraction of sp³-hybridized carbons (Fsp3) is 0.667. The predicted octanol–water partition coefficient (Wildman–Crippen LogP) is 3.37. The summed E-state index contributed by atoms with van der Waals surface area (Å²) in [7, 11) is 0. The van der Waals surface area contributed by atoms with Crippen molar-refractivity contribution in [2.24, 2.45) is 17.8 Å². The Hall–Kier alpha value is -1.02. The quantitative estimate of drug-likeness (QED) is 0.823. The molecule has 0 heterocycles. The first-order valence-electron chi connectivity index (χ1n) is 8.30. The monoisotopic (exact) mass is 270 g/mol. The van der Waals surface area contributed by atoms with Crippen molar-refractivity contribution in [1.29, 1.82) is 0 Å². The minimum atomic E-state index is 0.495. The van der Waals surface area contributed by atoms with Gasteiger partial charge in [0.05, 0.1) is 0 Å². The minimum Gasteiger partial charge on any atom is -0.399 e. The van der Waals surface area contributed by atoms with E-state index in [4.69, 9.17) is 5.73 Å². The maximum atomic E-state index is 5.86. The highest BCUT2D eigenvalue weighted by molar-refractivity contribution is 5.40. The Balaban J connectivity index is 1.37. The Bertz CT molecular complexity index is 459. The van der Waals surface area contributed by atoms with Crippen LogP contribution in [-0.4, -0.2) is 12.1 Å². The Morgan fingerprint density at radius 1 is 1.05 bits per heavy atom. The second kappa shape index (κ2) is 4.77. The molecule has 1 aromatic rings. The lowest BCUT2D eigenvalue weighted by atomic mass is 9.53. The maximum Gasteiger partial charge on any atom is 0.0316 e. The van der Waals surface area contributed by atoms with Gasteiger partial charge in [0.1, 0.15) is 0 Å². The maximum absolute atomic E-state index is 5.86. The molecule has 5 rings (SSSR count). The number of nitrogen functional groups attached to an aromatic ring is 1. The normalized spacial score (nSPS) is 38.3. The van der Waals surface area contributed by atoms with Gasteiger partial charge in [-0.25, -0.2) is 0 Å². The lowest BCUT2D eigenvalue weighted by molar-refractivity contribution is -0.0192. The SMILES string of the molecule is Nc1cccc(CCNC23CC4CC(CC(C4)C2)C3)c1. The van der Waals surface area contributed by atoms with Crippen molar-refractivity contribution >= 4 is 5.69 Å². The van der Waals surface area contributed by atoms with Crippen LogP contribution in [-0.2, 0) is 6.42 Å². The number of rotatable bonds is 4.